The lowest BCUT2D eigenvalue weighted by molar-refractivity contribution is 0.537. The van der Waals surface area contributed by atoms with Gasteiger partial charge in [0.1, 0.15) is 0 Å². The van der Waals surface area contributed by atoms with Crippen molar-refractivity contribution in [2.75, 3.05) is 0 Å². The summed E-state index contributed by atoms with van der Waals surface area (Å²) >= 11 is 2.09. The third kappa shape index (κ3) is 4.12. The van der Waals surface area contributed by atoms with Crippen LogP contribution in [0.25, 0.3) is 22.4 Å². The number of hydrogen-bond acceptors (Lipinski definition) is 1. The molecular formula is C38H38S. The Balaban J connectivity index is 1.29. The van der Waals surface area contributed by atoms with Gasteiger partial charge in [0, 0.05) is 22.0 Å². The monoisotopic (exact) mass is 526 g/mol. The lowest BCUT2D eigenvalue weighted by atomic mass is 9.71. The topological polar surface area (TPSA) is 0 Å². The van der Waals surface area contributed by atoms with Crippen LogP contribution in [0.15, 0.2) is 89.4 Å². The second kappa shape index (κ2) is 10.0. The molecule has 0 bridgehead atoms. The normalized spacial score (nSPS) is 27.5. The summed E-state index contributed by atoms with van der Waals surface area (Å²) in [5, 5.41) is 3.68. The van der Waals surface area contributed by atoms with Crippen LogP contribution in [0.2, 0.25) is 0 Å². The molecule has 0 saturated heterocycles. The van der Waals surface area contributed by atoms with Gasteiger partial charge in [-0.3, -0.25) is 0 Å². The molecule has 1 heteroatoms. The molecule has 0 aromatic heterocycles. The summed E-state index contributed by atoms with van der Waals surface area (Å²) in [4.78, 5) is 1.48. The summed E-state index contributed by atoms with van der Waals surface area (Å²) in [5.74, 6) is 1.72. The second-order valence-electron chi connectivity index (χ2n) is 12.3. The number of hydrogen-bond donors (Lipinski definition) is 0. The van der Waals surface area contributed by atoms with Gasteiger partial charge in [-0.05, 0) is 120 Å². The van der Waals surface area contributed by atoms with Crippen LogP contribution in [-0.2, 0) is 6.42 Å². The van der Waals surface area contributed by atoms with Crippen LogP contribution in [0.1, 0.15) is 97.4 Å². The quantitative estimate of drug-likeness (QED) is 0.306. The van der Waals surface area contributed by atoms with Gasteiger partial charge in [0.05, 0.1) is 0 Å². The van der Waals surface area contributed by atoms with Crippen LogP contribution < -0.4 is 0 Å². The predicted octanol–water partition coefficient (Wildman–Crippen LogP) is 10.8. The molecule has 0 spiro atoms. The minimum absolute atomic E-state index is 0.489. The number of allylic oxidation sites excluding steroid dienone is 6. The molecule has 196 valence electrons. The van der Waals surface area contributed by atoms with Crippen molar-refractivity contribution in [3.8, 4) is 0 Å². The third-order valence-corrected chi connectivity index (χ3v) is 11.5. The van der Waals surface area contributed by atoms with Crippen LogP contribution in [0, 0.1) is 5.92 Å². The van der Waals surface area contributed by atoms with Gasteiger partial charge >= 0.3 is 0 Å². The molecule has 39 heavy (non-hydrogen) atoms. The van der Waals surface area contributed by atoms with E-state index in [1.165, 1.54) is 85.4 Å². The average molecular weight is 527 g/mol. The highest BCUT2D eigenvalue weighted by Gasteiger charge is 2.35. The molecule has 8 rings (SSSR count). The first-order valence-electron chi connectivity index (χ1n) is 15.4. The van der Waals surface area contributed by atoms with E-state index < -0.39 is 0 Å². The Morgan fingerprint density at radius 3 is 2.38 bits per heavy atom. The molecule has 3 aromatic rings. The van der Waals surface area contributed by atoms with E-state index in [4.69, 9.17) is 0 Å². The van der Waals surface area contributed by atoms with Gasteiger partial charge in [-0.2, -0.15) is 0 Å². The maximum Gasteiger partial charge on any atom is 0.0348 e. The largest absolute Gasteiger partial charge is 0.117 e. The lowest BCUT2D eigenvalue weighted by Gasteiger charge is -2.33. The average Bonchev–Trinajstić information content (AvgIpc) is 3.38. The Kier molecular flexibility index (Phi) is 6.17. The first-order chi connectivity index (χ1) is 19.3. The molecule has 0 N–H and O–H groups in total. The summed E-state index contributed by atoms with van der Waals surface area (Å²) < 4.78 is 0. The number of thioether (sulfide) groups is 1. The van der Waals surface area contributed by atoms with Crippen molar-refractivity contribution in [1.82, 2.24) is 0 Å². The molecule has 4 unspecified atom stereocenters. The molecule has 1 aliphatic heterocycles. The fourth-order valence-electron chi connectivity index (χ4n) is 8.36. The van der Waals surface area contributed by atoms with E-state index in [1.54, 1.807) is 33.4 Å². The van der Waals surface area contributed by atoms with Crippen LogP contribution >= 0.6 is 11.8 Å². The molecule has 4 atom stereocenters. The molecular weight excluding hydrogens is 488 g/mol. The Bertz CT molecular complexity index is 1560. The van der Waals surface area contributed by atoms with E-state index in [-0.39, 0.29) is 0 Å². The van der Waals surface area contributed by atoms with E-state index in [0.29, 0.717) is 23.0 Å². The lowest BCUT2D eigenvalue weighted by Crippen LogP contribution is -2.17. The highest BCUT2D eigenvalue weighted by molar-refractivity contribution is 8.00. The fraction of sp³-hybridized carbons (Fsp3) is 0.368. The standard InChI is InChI=1S/C38H38S/c1-2-11-25(12-3-1)26-13-10-14-27(23-26)37-30-16-4-6-18-32(30)38(33-19-7-5-17-31(33)37)28-21-22-36-34(24-28)29-15-8-9-20-35(29)39-36/h2,4,6-9,11,15-16,18-20,23-25,27-28,36H,1,3,5,10,12-14,17,21-22H2. The van der Waals surface area contributed by atoms with Gasteiger partial charge in [0.25, 0.3) is 0 Å². The van der Waals surface area contributed by atoms with Gasteiger partial charge in [-0.15, -0.1) is 11.8 Å². The molecule has 0 fully saturated rings. The number of fused-ring (bicyclic) bond motifs is 5. The van der Waals surface area contributed by atoms with Crippen LogP contribution in [0.4, 0.5) is 0 Å². The van der Waals surface area contributed by atoms with Crippen molar-refractivity contribution >= 4 is 34.2 Å². The minimum atomic E-state index is 0.489. The van der Waals surface area contributed by atoms with Crippen LogP contribution in [0.5, 0.6) is 0 Å². The molecule has 0 saturated carbocycles. The zero-order valence-corrected chi connectivity index (χ0v) is 23.7. The summed E-state index contributed by atoms with van der Waals surface area (Å²) in [7, 11) is 0. The van der Waals surface area contributed by atoms with Crippen molar-refractivity contribution in [1.29, 1.82) is 0 Å². The Hall–Kier alpha value is -2.77. The summed E-state index contributed by atoms with van der Waals surface area (Å²) in [6.45, 7) is 0. The van der Waals surface area contributed by atoms with Gasteiger partial charge in [-0.25, -0.2) is 0 Å². The molecule has 4 aliphatic carbocycles. The summed E-state index contributed by atoms with van der Waals surface area (Å²) in [5.41, 5.74) is 11.3. The first-order valence-corrected chi connectivity index (χ1v) is 16.3. The molecule has 0 radical (unpaired) electrons. The maximum atomic E-state index is 2.73. The van der Waals surface area contributed by atoms with Crippen molar-refractivity contribution in [3.63, 3.8) is 0 Å². The van der Waals surface area contributed by atoms with E-state index in [0.717, 1.165) is 0 Å². The first kappa shape index (κ1) is 24.1. The van der Waals surface area contributed by atoms with E-state index in [9.17, 15) is 0 Å². The van der Waals surface area contributed by atoms with Crippen molar-refractivity contribution < 1.29 is 0 Å². The maximum absolute atomic E-state index is 2.73. The van der Waals surface area contributed by atoms with E-state index >= 15 is 0 Å². The van der Waals surface area contributed by atoms with Crippen molar-refractivity contribution in [3.05, 3.63) is 112 Å². The van der Waals surface area contributed by atoms with Gasteiger partial charge in [0.15, 0.2) is 0 Å². The highest BCUT2D eigenvalue weighted by atomic mass is 32.2. The fourth-order valence-corrected chi connectivity index (χ4v) is 9.72. The SMILES string of the molecule is C1=CC(C2=CC(c3c4c(c(C5C=C6c7ccccc7SC6CC5)c5ccccc35)C=CCC4)CCC2)CCC1. The summed E-state index contributed by atoms with van der Waals surface area (Å²) in [6.07, 6.45) is 28.0. The Morgan fingerprint density at radius 2 is 1.49 bits per heavy atom. The number of benzene rings is 3. The Morgan fingerprint density at radius 1 is 0.667 bits per heavy atom. The third-order valence-electron chi connectivity index (χ3n) is 10.1. The second-order valence-corrected chi connectivity index (χ2v) is 13.6. The van der Waals surface area contributed by atoms with E-state index in [1.807, 2.05) is 0 Å². The predicted molar refractivity (Wildman–Crippen MR) is 168 cm³/mol. The highest BCUT2D eigenvalue weighted by Crippen LogP contribution is 2.53. The summed E-state index contributed by atoms with van der Waals surface area (Å²) in [6, 6.07) is 18.5. The zero-order chi connectivity index (χ0) is 25.8. The van der Waals surface area contributed by atoms with Gasteiger partial charge in [0.2, 0.25) is 0 Å². The van der Waals surface area contributed by atoms with Crippen molar-refractivity contribution in [2.24, 2.45) is 5.92 Å². The Labute approximate surface area is 238 Å². The van der Waals surface area contributed by atoms with Crippen LogP contribution in [-0.4, -0.2) is 5.25 Å². The minimum Gasteiger partial charge on any atom is -0.117 e. The molecule has 0 nitrogen and oxygen atoms in total. The van der Waals surface area contributed by atoms with Gasteiger partial charge in [-0.1, -0.05) is 84.5 Å². The van der Waals surface area contributed by atoms with Crippen LogP contribution in [0.3, 0.4) is 0 Å². The van der Waals surface area contributed by atoms with E-state index in [2.05, 4.69) is 96.7 Å². The van der Waals surface area contributed by atoms with Gasteiger partial charge < -0.3 is 0 Å². The smallest absolute Gasteiger partial charge is 0.0348 e. The van der Waals surface area contributed by atoms with Crippen molar-refractivity contribution in [2.45, 2.75) is 86.2 Å². The molecule has 3 aromatic carbocycles. The molecule has 5 aliphatic rings. The number of rotatable bonds is 3. The molecule has 0 amide bonds. The zero-order valence-electron chi connectivity index (χ0n) is 22.9. The molecule has 1 heterocycles.